The van der Waals surface area contributed by atoms with Crippen LogP contribution in [0.2, 0.25) is 0 Å². The van der Waals surface area contributed by atoms with Gasteiger partial charge in [0.15, 0.2) is 5.69 Å². The number of nitrogens with two attached hydrogens (primary N) is 1. The van der Waals surface area contributed by atoms with Crippen LogP contribution in [0.4, 0.5) is 10.2 Å². The maximum Gasteiger partial charge on any atom is 0.272 e. The second kappa shape index (κ2) is 10.0. The van der Waals surface area contributed by atoms with Gasteiger partial charge in [-0.15, -0.1) is 0 Å². The predicted molar refractivity (Wildman–Crippen MR) is 134 cm³/mol. The van der Waals surface area contributed by atoms with Crippen LogP contribution in [-0.4, -0.2) is 32.0 Å². The first-order valence-electron chi connectivity index (χ1n) is 12.0. The van der Waals surface area contributed by atoms with Crippen molar-refractivity contribution < 1.29 is 9.18 Å². The molecule has 8 nitrogen and oxygen atoms in total. The number of nitrogens with zero attached hydrogens (tertiary/aromatic N) is 5. The molecule has 2 heterocycles. The number of fused-ring (bicyclic) bond motifs is 1. The van der Waals surface area contributed by atoms with Gasteiger partial charge in [-0.05, 0) is 74.9 Å². The van der Waals surface area contributed by atoms with E-state index in [1.165, 1.54) is 12.1 Å². The van der Waals surface area contributed by atoms with Crippen molar-refractivity contribution in [1.29, 1.82) is 5.26 Å². The lowest BCUT2D eigenvalue weighted by Gasteiger charge is -2.14. The summed E-state index contributed by atoms with van der Waals surface area (Å²) < 4.78 is 16.7. The molecule has 182 valence electrons. The maximum atomic E-state index is 13.4. The lowest BCUT2D eigenvalue weighted by Crippen LogP contribution is -2.26. The standard InChI is InChI=1S/C27H26FN7O/c28-18-12-14-20(15-13-18)34-24-11-5-4-9-21(24)25(33-34)27(36)31-16-6-10-23-22(17-29)26(30)35(32-23)19-7-2-1-3-8-19/h1-3,7-8,12-15H,4-6,9-11,16,30H2,(H,31,36). The zero-order valence-electron chi connectivity index (χ0n) is 19.7. The Morgan fingerprint density at radius 2 is 1.75 bits per heavy atom. The highest BCUT2D eigenvalue weighted by Crippen LogP contribution is 2.27. The van der Waals surface area contributed by atoms with Gasteiger partial charge in [-0.25, -0.2) is 13.8 Å². The number of aromatic nitrogens is 4. The summed E-state index contributed by atoms with van der Waals surface area (Å²) in [6, 6.07) is 17.7. The van der Waals surface area contributed by atoms with Gasteiger partial charge in [0.2, 0.25) is 0 Å². The molecule has 0 bridgehead atoms. The summed E-state index contributed by atoms with van der Waals surface area (Å²) in [7, 11) is 0. The lowest BCUT2D eigenvalue weighted by molar-refractivity contribution is 0.0946. The molecule has 0 saturated heterocycles. The van der Waals surface area contributed by atoms with Crippen molar-refractivity contribution in [3.63, 3.8) is 0 Å². The number of nitrogens with one attached hydrogen (secondary N) is 1. The van der Waals surface area contributed by atoms with Crippen molar-refractivity contribution in [2.24, 2.45) is 0 Å². The van der Waals surface area contributed by atoms with Gasteiger partial charge in [-0.2, -0.15) is 15.5 Å². The van der Waals surface area contributed by atoms with Gasteiger partial charge >= 0.3 is 0 Å². The molecule has 36 heavy (non-hydrogen) atoms. The SMILES string of the molecule is N#Cc1c(CCCNC(=O)c2nn(-c3ccc(F)cc3)c3c2CCCC3)nn(-c2ccccc2)c1N. The Morgan fingerprint density at radius 1 is 1.03 bits per heavy atom. The first-order valence-corrected chi connectivity index (χ1v) is 12.0. The zero-order chi connectivity index (χ0) is 25.1. The fraction of sp³-hybridized carbons (Fsp3) is 0.259. The molecule has 0 aliphatic heterocycles. The molecule has 5 rings (SSSR count). The minimum absolute atomic E-state index is 0.233. The van der Waals surface area contributed by atoms with Crippen molar-refractivity contribution in [2.45, 2.75) is 38.5 Å². The van der Waals surface area contributed by atoms with Crippen molar-refractivity contribution in [2.75, 3.05) is 12.3 Å². The molecule has 0 atom stereocenters. The lowest BCUT2D eigenvalue weighted by atomic mass is 9.95. The average Bonchev–Trinajstić information content (AvgIpc) is 3.45. The molecule has 0 unspecified atom stereocenters. The van der Waals surface area contributed by atoms with Crippen LogP contribution in [0.15, 0.2) is 54.6 Å². The fourth-order valence-electron chi connectivity index (χ4n) is 4.66. The first kappa shape index (κ1) is 23.3. The van der Waals surface area contributed by atoms with Gasteiger partial charge in [0.05, 0.1) is 17.1 Å². The van der Waals surface area contributed by atoms with E-state index in [1.807, 2.05) is 30.3 Å². The highest BCUT2D eigenvalue weighted by atomic mass is 19.1. The third kappa shape index (κ3) is 4.45. The highest BCUT2D eigenvalue weighted by molar-refractivity contribution is 5.94. The number of halogens is 1. The number of para-hydroxylation sites is 1. The minimum atomic E-state index is -0.312. The van der Waals surface area contributed by atoms with Crippen molar-refractivity contribution >= 4 is 11.7 Å². The molecule has 2 aromatic carbocycles. The molecular weight excluding hydrogens is 457 g/mol. The first-order chi connectivity index (χ1) is 17.6. The summed E-state index contributed by atoms with van der Waals surface area (Å²) >= 11 is 0. The number of nitrogen functional groups attached to an aromatic ring is 1. The number of anilines is 1. The van der Waals surface area contributed by atoms with Crippen molar-refractivity contribution in [3.05, 3.63) is 88.6 Å². The number of rotatable bonds is 7. The van der Waals surface area contributed by atoms with E-state index in [4.69, 9.17) is 5.73 Å². The number of amides is 1. The Morgan fingerprint density at radius 3 is 2.50 bits per heavy atom. The molecule has 1 aliphatic carbocycles. The number of benzene rings is 2. The average molecular weight is 484 g/mol. The number of hydrogen-bond acceptors (Lipinski definition) is 5. The molecule has 3 N–H and O–H groups in total. The minimum Gasteiger partial charge on any atom is -0.382 e. The Bertz CT molecular complexity index is 1430. The second-order valence-corrected chi connectivity index (χ2v) is 8.79. The molecule has 1 aliphatic rings. The Balaban J connectivity index is 1.27. The summed E-state index contributed by atoms with van der Waals surface area (Å²) in [5.41, 5.74) is 11.1. The Kier molecular flexibility index (Phi) is 6.50. The second-order valence-electron chi connectivity index (χ2n) is 8.79. The smallest absolute Gasteiger partial charge is 0.272 e. The predicted octanol–water partition coefficient (Wildman–Crippen LogP) is 3.89. The van der Waals surface area contributed by atoms with E-state index in [0.717, 1.165) is 48.3 Å². The van der Waals surface area contributed by atoms with Crippen molar-refractivity contribution in [1.82, 2.24) is 24.9 Å². The summed E-state index contributed by atoms with van der Waals surface area (Å²) in [5, 5.41) is 21.7. The molecule has 4 aromatic rings. The molecule has 2 aromatic heterocycles. The molecule has 1 amide bonds. The van der Waals surface area contributed by atoms with Crippen LogP contribution in [0.25, 0.3) is 11.4 Å². The summed E-state index contributed by atoms with van der Waals surface area (Å²) in [4.78, 5) is 13.1. The van der Waals surface area contributed by atoms with Gasteiger partial charge in [0, 0.05) is 17.8 Å². The number of carbonyl (C=O) groups excluding carboxylic acids is 1. The Hall–Kier alpha value is -4.45. The van der Waals surface area contributed by atoms with Gasteiger partial charge < -0.3 is 11.1 Å². The van der Waals surface area contributed by atoms with E-state index in [2.05, 4.69) is 21.6 Å². The van der Waals surface area contributed by atoms with Crippen LogP contribution in [0.1, 0.15) is 52.3 Å². The van der Waals surface area contributed by atoms with E-state index in [1.54, 1.807) is 21.5 Å². The monoisotopic (exact) mass is 483 g/mol. The van der Waals surface area contributed by atoms with E-state index in [0.29, 0.717) is 42.2 Å². The summed E-state index contributed by atoms with van der Waals surface area (Å²) in [6.07, 6.45) is 4.74. The molecule has 0 spiro atoms. The molecule has 0 fully saturated rings. The van der Waals surface area contributed by atoms with Crippen LogP contribution >= 0.6 is 0 Å². The van der Waals surface area contributed by atoms with Crippen LogP contribution in [0.3, 0.4) is 0 Å². The van der Waals surface area contributed by atoms with Gasteiger partial charge in [-0.1, -0.05) is 18.2 Å². The topological polar surface area (TPSA) is 115 Å². The number of hydrogen-bond donors (Lipinski definition) is 2. The third-order valence-corrected chi connectivity index (χ3v) is 6.45. The number of aryl methyl sites for hydroxylation is 1. The normalized spacial score (nSPS) is 12.7. The maximum absolute atomic E-state index is 13.4. The van der Waals surface area contributed by atoms with E-state index in [-0.39, 0.29) is 11.7 Å². The zero-order valence-corrected chi connectivity index (χ0v) is 19.7. The molecule has 0 saturated carbocycles. The van der Waals surface area contributed by atoms with E-state index < -0.39 is 0 Å². The van der Waals surface area contributed by atoms with Crippen LogP contribution in [-0.2, 0) is 19.3 Å². The molecule has 0 radical (unpaired) electrons. The highest BCUT2D eigenvalue weighted by Gasteiger charge is 2.25. The molecule has 9 heteroatoms. The third-order valence-electron chi connectivity index (χ3n) is 6.45. The van der Waals surface area contributed by atoms with Gasteiger partial charge in [0.1, 0.15) is 23.3 Å². The fourth-order valence-corrected chi connectivity index (χ4v) is 4.66. The number of carbonyl (C=O) groups is 1. The summed E-state index contributed by atoms with van der Waals surface area (Å²) in [5.74, 6) is -0.239. The van der Waals surface area contributed by atoms with Crippen LogP contribution in [0.5, 0.6) is 0 Å². The molecular formula is C27H26FN7O. The van der Waals surface area contributed by atoms with Crippen molar-refractivity contribution in [3.8, 4) is 17.4 Å². The van der Waals surface area contributed by atoms with Crippen LogP contribution in [0, 0.1) is 17.1 Å². The quantitative estimate of drug-likeness (QED) is 0.387. The Labute approximate surface area is 208 Å². The summed E-state index contributed by atoms with van der Waals surface area (Å²) in [6.45, 7) is 0.403. The van der Waals surface area contributed by atoms with Crippen LogP contribution < -0.4 is 11.1 Å². The largest absolute Gasteiger partial charge is 0.382 e. The van der Waals surface area contributed by atoms with Gasteiger partial charge in [0.25, 0.3) is 5.91 Å². The number of nitriles is 1. The van der Waals surface area contributed by atoms with E-state index in [9.17, 15) is 14.4 Å². The van der Waals surface area contributed by atoms with Gasteiger partial charge in [-0.3, -0.25) is 4.79 Å². The van der Waals surface area contributed by atoms with E-state index >= 15 is 0 Å².